The van der Waals surface area contributed by atoms with Gasteiger partial charge in [-0.15, -0.1) is 0 Å². The quantitative estimate of drug-likeness (QED) is 0.845. The van der Waals surface area contributed by atoms with Gasteiger partial charge in [-0.2, -0.15) is 0 Å². The monoisotopic (exact) mass is 218 g/mol. The topological polar surface area (TPSA) is 55.7 Å². The fourth-order valence-electron chi connectivity index (χ4n) is 2.08. The third kappa shape index (κ3) is 1.74. The van der Waals surface area contributed by atoms with E-state index in [4.69, 9.17) is 4.74 Å². The van der Waals surface area contributed by atoms with E-state index in [1.54, 1.807) is 12.5 Å². The Kier molecular flexibility index (Phi) is 2.46. The van der Waals surface area contributed by atoms with Crippen LogP contribution in [0.4, 0.5) is 0 Å². The van der Waals surface area contributed by atoms with Crippen LogP contribution in [0.1, 0.15) is 6.42 Å². The van der Waals surface area contributed by atoms with Crippen molar-refractivity contribution in [2.24, 2.45) is 5.92 Å². The van der Waals surface area contributed by atoms with Crippen LogP contribution in [-0.2, 0) is 11.3 Å². The summed E-state index contributed by atoms with van der Waals surface area (Å²) in [5.41, 5.74) is 0.962. The summed E-state index contributed by atoms with van der Waals surface area (Å²) in [6.07, 6.45) is 8.44. The maximum Gasteiger partial charge on any atom is 0.158 e. The molecule has 16 heavy (non-hydrogen) atoms. The third-order valence-corrected chi connectivity index (χ3v) is 2.93. The van der Waals surface area contributed by atoms with Gasteiger partial charge in [0.05, 0.1) is 19.1 Å². The Morgan fingerprint density at radius 1 is 1.56 bits per heavy atom. The molecule has 5 heteroatoms. The maximum absolute atomic E-state index is 5.38. The van der Waals surface area contributed by atoms with Crippen LogP contribution in [-0.4, -0.2) is 32.7 Å². The molecule has 1 aliphatic heterocycles. The second kappa shape index (κ2) is 4.09. The lowest BCUT2D eigenvalue weighted by Gasteiger charge is -2.10. The van der Waals surface area contributed by atoms with Crippen molar-refractivity contribution in [1.29, 1.82) is 0 Å². The summed E-state index contributed by atoms with van der Waals surface area (Å²) in [5, 5.41) is 0. The lowest BCUT2D eigenvalue weighted by molar-refractivity contribution is 0.182. The first-order valence-electron chi connectivity index (χ1n) is 5.51. The average Bonchev–Trinajstić information content (AvgIpc) is 2.98. The zero-order chi connectivity index (χ0) is 10.8. The molecule has 1 atom stereocenters. The Bertz CT molecular complexity index is 442. The minimum atomic E-state index is 0.607. The maximum atomic E-state index is 5.38. The minimum absolute atomic E-state index is 0.607. The van der Waals surface area contributed by atoms with Gasteiger partial charge in [0.2, 0.25) is 0 Å². The predicted molar refractivity (Wildman–Crippen MR) is 58.7 cm³/mol. The number of rotatable bonds is 3. The highest BCUT2D eigenvalue weighted by Crippen LogP contribution is 2.19. The van der Waals surface area contributed by atoms with E-state index in [9.17, 15) is 0 Å². The number of aromatic nitrogens is 4. The number of nitrogens with zero attached hydrogens (tertiary/aromatic N) is 3. The van der Waals surface area contributed by atoms with Crippen molar-refractivity contribution >= 4 is 0 Å². The van der Waals surface area contributed by atoms with Gasteiger partial charge in [-0.1, -0.05) is 0 Å². The second-order valence-electron chi connectivity index (χ2n) is 4.10. The zero-order valence-corrected chi connectivity index (χ0v) is 8.97. The molecule has 1 N–H and O–H groups in total. The van der Waals surface area contributed by atoms with E-state index in [2.05, 4.69) is 19.5 Å². The summed E-state index contributed by atoms with van der Waals surface area (Å²) in [5.74, 6) is 1.56. The number of hydrogen-bond acceptors (Lipinski definition) is 3. The summed E-state index contributed by atoms with van der Waals surface area (Å²) in [4.78, 5) is 11.4. The molecule has 1 aliphatic rings. The number of nitrogens with one attached hydrogen (secondary N) is 1. The van der Waals surface area contributed by atoms with Gasteiger partial charge >= 0.3 is 0 Å². The molecule has 0 radical (unpaired) electrons. The molecule has 0 aromatic carbocycles. The molecule has 2 aromatic heterocycles. The second-order valence-corrected chi connectivity index (χ2v) is 4.10. The van der Waals surface area contributed by atoms with Gasteiger partial charge < -0.3 is 14.3 Å². The number of ether oxygens (including phenoxy) is 1. The van der Waals surface area contributed by atoms with Crippen LogP contribution in [0.15, 0.2) is 24.9 Å². The van der Waals surface area contributed by atoms with E-state index < -0.39 is 0 Å². The minimum Gasteiger partial charge on any atom is -0.381 e. The molecular weight excluding hydrogens is 204 g/mol. The van der Waals surface area contributed by atoms with Gasteiger partial charge in [0.1, 0.15) is 5.69 Å². The standard InChI is InChI=1S/C11H14N4O/c1-4-16-7-9(1)6-15-3-2-13-11(15)10-5-12-8-14-10/h2-3,5,8-9H,1,4,6-7H2,(H,12,14). The van der Waals surface area contributed by atoms with Crippen molar-refractivity contribution in [3.63, 3.8) is 0 Å². The summed E-state index contributed by atoms with van der Waals surface area (Å²) < 4.78 is 7.54. The van der Waals surface area contributed by atoms with Crippen LogP contribution < -0.4 is 0 Å². The van der Waals surface area contributed by atoms with E-state index in [-0.39, 0.29) is 0 Å². The molecule has 5 nitrogen and oxygen atoms in total. The lowest BCUT2D eigenvalue weighted by atomic mass is 10.1. The van der Waals surface area contributed by atoms with Gasteiger partial charge in [0, 0.05) is 31.5 Å². The summed E-state index contributed by atoms with van der Waals surface area (Å²) >= 11 is 0. The van der Waals surface area contributed by atoms with Crippen molar-refractivity contribution in [3.05, 3.63) is 24.9 Å². The van der Waals surface area contributed by atoms with Crippen LogP contribution in [0.3, 0.4) is 0 Å². The molecule has 0 saturated carbocycles. The Morgan fingerprint density at radius 2 is 2.56 bits per heavy atom. The lowest BCUT2D eigenvalue weighted by Crippen LogP contribution is -2.11. The van der Waals surface area contributed by atoms with E-state index in [1.807, 2.05) is 12.4 Å². The number of imidazole rings is 2. The molecule has 1 fully saturated rings. The highest BCUT2D eigenvalue weighted by Gasteiger charge is 2.18. The highest BCUT2D eigenvalue weighted by molar-refractivity contribution is 5.47. The molecule has 84 valence electrons. The van der Waals surface area contributed by atoms with Crippen molar-refractivity contribution in [3.8, 4) is 11.5 Å². The Hall–Kier alpha value is -1.62. The van der Waals surface area contributed by atoms with Gasteiger partial charge in [-0.05, 0) is 6.42 Å². The molecule has 0 spiro atoms. The first-order valence-corrected chi connectivity index (χ1v) is 5.51. The first-order chi connectivity index (χ1) is 7.93. The number of hydrogen-bond donors (Lipinski definition) is 1. The molecule has 1 unspecified atom stereocenters. The molecule has 0 bridgehead atoms. The summed E-state index contributed by atoms with van der Waals surface area (Å²) in [6, 6.07) is 0. The fourth-order valence-corrected chi connectivity index (χ4v) is 2.08. The summed E-state index contributed by atoms with van der Waals surface area (Å²) in [7, 11) is 0. The molecular formula is C11H14N4O. The normalized spacial score (nSPS) is 20.4. The van der Waals surface area contributed by atoms with Gasteiger partial charge in [0.15, 0.2) is 5.82 Å². The van der Waals surface area contributed by atoms with E-state index >= 15 is 0 Å². The number of H-pyrrole nitrogens is 1. The Balaban J connectivity index is 1.82. The smallest absolute Gasteiger partial charge is 0.158 e. The molecule has 3 heterocycles. The predicted octanol–water partition coefficient (Wildman–Crippen LogP) is 1.31. The van der Waals surface area contributed by atoms with Crippen molar-refractivity contribution in [2.45, 2.75) is 13.0 Å². The van der Waals surface area contributed by atoms with Crippen LogP contribution in [0.5, 0.6) is 0 Å². The van der Waals surface area contributed by atoms with Crippen LogP contribution in [0.2, 0.25) is 0 Å². The van der Waals surface area contributed by atoms with Crippen molar-refractivity contribution in [2.75, 3.05) is 13.2 Å². The van der Waals surface area contributed by atoms with Crippen LogP contribution in [0.25, 0.3) is 11.5 Å². The van der Waals surface area contributed by atoms with E-state index in [0.29, 0.717) is 5.92 Å². The van der Waals surface area contributed by atoms with Gasteiger partial charge in [-0.3, -0.25) is 0 Å². The van der Waals surface area contributed by atoms with Crippen LogP contribution in [0, 0.1) is 5.92 Å². The van der Waals surface area contributed by atoms with E-state index in [0.717, 1.165) is 37.7 Å². The first kappa shape index (κ1) is 9.59. The molecule has 0 amide bonds. The molecule has 1 saturated heterocycles. The molecule has 2 aromatic rings. The highest BCUT2D eigenvalue weighted by atomic mass is 16.5. The largest absolute Gasteiger partial charge is 0.381 e. The van der Waals surface area contributed by atoms with E-state index in [1.165, 1.54) is 0 Å². The molecule has 0 aliphatic carbocycles. The van der Waals surface area contributed by atoms with Crippen LogP contribution >= 0.6 is 0 Å². The SMILES string of the molecule is c1cn(CC2CCOC2)c(-c2cnc[nH]2)n1. The third-order valence-electron chi connectivity index (χ3n) is 2.93. The number of aromatic amines is 1. The zero-order valence-electron chi connectivity index (χ0n) is 8.97. The molecule has 3 rings (SSSR count). The average molecular weight is 218 g/mol. The van der Waals surface area contributed by atoms with Crippen molar-refractivity contribution in [1.82, 2.24) is 19.5 Å². The Morgan fingerprint density at radius 3 is 3.31 bits per heavy atom. The van der Waals surface area contributed by atoms with Gasteiger partial charge in [-0.25, -0.2) is 9.97 Å². The van der Waals surface area contributed by atoms with Gasteiger partial charge in [0.25, 0.3) is 0 Å². The van der Waals surface area contributed by atoms with Crippen molar-refractivity contribution < 1.29 is 4.74 Å². The summed E-state index contributed by atoms with van der Waals surface area (Å²) in [6.45, 7) is 2.72. The fraction of sp³-hybridized carbons (Fsp3) is 0.455. The Labute approximate surface area is 93.5 Å².